The number of aromatic nitrogens is 1. The first kappa shape index (κ1) is 13.4. The molecule has 2 rings (SSSR count). The normalized spacial score (nSPS) is 10.1. The van der Waals surface area contributed by atoms with Crippen molar-refractivity contribution in [2.45, 2.75) is 0 Å². The lowest BCUT2D eigenvalue weighted by atomic mass is 10.3. The average Bonchev–Trinajstić information content (AvgIpc) is 2.39. The van der Waals surface area contributed by atoms with Crippen LogP contribution in [0.2, 0.25) is 0 Å². The van der Waals surface area contributed by atoms with Crippen LogP contribution in [0.5, 0.6) is 11.6 Å². The number of aromatic carboxylic acids is 1. The monoisotopic (exact) mass is 278 g/mol. The van der Waals surface area contributed by atoms with E-state index in [1.807, 2.05) is 0 Å². The van der Waals surface area contributed by atoms with E-state index in [0.29, 0.717) is 0 Å². The fourth-order valence-corrected chi connectivity index (χ4v) is 1.39. The van der Waals surface area contributed by atoms with E-state index < -0.39 is 22.4 Å². The number of nitro groups is 1. The first-order valence-corrected chi connectivity index (χ1v) is 5.28. The third-order valence-corrected chi connectivity index (χ3v) is 2.32. The molecular formula is C12H7FN2O5. The smallest absolute Gasteiger partial charge is 0.337 e. The molecule has 0 unspecified atom stereocenters. The Labute approximate surface area is 111 Å². The lowest BCUT2D eigenvalue weighted by Crippen LogP contribution is -1.98. The molecule has 0 aliphatic heterocycles. The predicted octanol–water partition coefficient (Wildman–Crippen LogP) is 2.62. The predicted molar refractivity (Wildman–Crippen MR) is 64.3 cm³/mol. The third kappa shape index (κ3) is 2.86. The molecule has 0 radical (unpaired) electrons. The number of pyridine rings is 1. The Morgan fingerprint density at radius 1 is 1.35 bits per heavy atom. The summed E-state index contributed by atoms with van der Waals surface area (Å²) in [5, 5.41) is 19.1. The second kappa shape index (κ2) is 5.31. The van der Waals surface area contributed by atoms with Gasteiger partial charge >= 0.3 is 11.7 Å². The van der Waals surface area contributed by atoms with Crippen LogP contribution in [0.4, 0.5) is 10.1 Å². The fraction of sp³-hybridized carbons (Fsp3) is 0. The summed E-state index contributed by atoms with van der Waals surface area (Å²) in [6.07, 6.45) is 1.08. The number of halogens is 1. The van der Waals surface area contributed by atoms with Gasteiger partial charge in [-0.25, -0.2) is 9.78 Å². The zero-order chi connectivity index (χ0) is 14.7. The van der Waals surface area contributed by atoms with E-state index >= 15 is 0 Å². The minimum atomic E-state index is -1.13. The van der Waals surface area contributed by atoms with Gasteiger partial charge in [-0.1, -0.05) is 0 Å². The van der Waals surface area contributed by atoms with Crippen molar-refractivity contribution in [1.29, 1.82) is 0 Å². The van der Waals surface area contributed by atoms with Crippen LogP contribution in [0.3, 0.4) is 0 Å². The van der Waals surface area contributed by atoms with Crippen molar-refractivity contribution in [3.8, 4) is 11.6 Å². The highest BCUT2D eigenvalue weighted by Gasteiger charge is 2.14. The highest BCUT2D eigenvalue weighted by Crippen LogP contribution is 2.25. The number of carbonyl (C=O) groups is 1. The van der Waals surface area contributed by atoms with Gasteiger partial charge in [-0.2, -0.15) is 4.39 Å². The van der Waals surface area contributed by atoms with Crippen LogP contribution in [-0.4, -0.2) is 21.0 Å². The van der Waals surface area contributed by atoms with Gasteiger partial charge in [-0.05, 0) is 12.1 Å². The molecule has 0 bridgehead atoms. The van der Waals surface area contributed by atoms with E-state index in [4.69, 9.17) is 9.84 Å². The highest BCUT2D eigenvalue weighted by atomic mass is 19.1. The maximum atomic E-state index is 13.4. The van der Waals surface area contributed by atoms with Crippen LogP contribution in [0.1, 0.15) is 10.4 Å². The molecule has 7 nitrogen and oxygen atoms in total. The van der Waals surface area contributed by atoms with Crippen molar-refractivity contribution in [2.24, 2.45) is 0 Å². The second-order valence-corrected chi connectivity index (χ2v) is 3.66. The molecule has 0 saturated carbocycles. The van der Waals surface area contributed by atoms with Crippen LogP contribution < -0.4 is 4.74 Å². The summed E-state index contributed by atoms with van der Waals surface area (Å²) in [7, 11) is 0. The molecule has 102 valence electrons. The van der Waals surface area contributed by atoms with Gasteiger partial charge < -0.3 is 9.84 Å². The van der Waals surface area contributed by atoms with Gasteiger partial charge in [-0.15, -0.1) is 0 Å². The molecule has 0 spiro atoms. The Bertz CT molecular complexity index is 672. The van der Waals surface area contributed by atoms with Crippen molar-refractivity contribution in [3.05, 3.63) is 58.0 Å². The molecule has 0 aliphatic rings. The topological polar surface area (TPSA) is 103 Å². The molecule has 0 aliphatic carbocycles. The maximum Gasteiger partial charge on any atom is 0.337 e. The summed E-state index contributed by atoms with van der Waals surface area (Å²) in [4.78, 5) is 23.9. The van der Waals surface area contributed by atoms with E-state index in [-0.39, 0.29) is 17.2 Å². The summed E-state index contributed by atoms with van der Waals surface area (Å²) in [6.45, 7) is 0. The van der Waals surface area contributed by atoms with Gasteiger partial charge in [0.1, 0.15) is 5.75 Å². The van der Waals surface area contributed by atoms with Gasteiger partial charge in [0.05, 0.1) is 10.5 Å². The van der Waals surface area contributed by atoms with Crippen molar-refractivity contribution in [2.75, 3.05) is 0 Å². The number of carboxylic acids is 1. The number of nitro benzene ring substituents is 1. The van der Waals surface area contributed by atoms with Crippen LogP contribution >= 0.6 is 0 Å². The van der Waals surface area contributed by atoms with E-state index in [0.717, 1.165) is 18.3 Å². The standard InChI is InChI=1S/C12H7FN2O5/c13-9-5-8(2-3-10(9)15(18)19)20-11-4-1-7(6-14-11)12(16)17/h1-6H,(H,16,17). The van der Waals surface area contributed by atoms with Crippen LogP contribution in [0.15, 0.2) is 36.5 Å². The van der Waals surface area contributed by atoms with Gasteiger partial charge in [0.2, 0.25) is 11.7 Å². The highest BCUT2D eigenvalue weighted by molar-refractivity contribution is 5.87. The molecule has 20 heavy (non-hydrogen) atoms. The average molecular weight is 278 g/mol. The molecular weight excluding hydrogens is 271 g/mol. The summed E-state index contributed by atoms with van der Waals surface area (Å²) < 4.78 is 18.5. The first-order valence-electron chi connectivity index (χ1n) is 5.28. The molecule has 0 amide bonds. The maximum absolute atomic E-state index is 13.4. The molecule has 0 saturated heterocycles. The number of hydrogen-bond donors (Lipinski definition) is 1. The van der Waals surface area contributed by atoms with Crippen LogP contribution in [0.25, 0.3) is 0 Å². The Hall–Kier alpha value is -3.03. The largest absolute Gasteiger partial charge is 0.478 e. The van der Waals surface area contributed by atoms with E-state index in [2.05, 4.69) is 4.98 Å². The summed E-state index contributed by atoms with van der Waals surface area (Å²) >= 11 is 0. The van der Waals surface area contributed by atoms with Crippen molar-refractivity contribution < 1.29 is 24.0 Å². The molecule has 8 heteroatoms. The van der Waals surface area contributed by atoms with E-state index in [1.54, 1.807) is 0 Å². The van der Waals surface area contributed by atoms with Crippen LogP contribution in [-0.2, 0) is 0 Å². The van der Waals surface area contributed by atoms with Crippen LogP contribution in [0, 0.1) is 15.9 Å². The quantitative estimate of drug-likeness (QED) is 0.681. The molecule has 2 aromatic rings. The Kier molecular flexibility index (Phi) is 3.56. The minimum Gasteiger partial charge on any atom is -0.478 e. The molecule has 1 aromatic heterocycles. The van der Waals surface area contributed by atoms with Gasteiger partial charge in [0.15, 0.2) is 0 Å². The minimum absolute atomic E-state index is 0.0173. The van der Waals surface area contributed by atoms with Gasteiger partial charge in [0, 0.05) is 24.4 Å². The third-order valence-electron chi connectivity index (χ3n) is 2.32. The zero-order valence-electron chi connectivity index (χ0n) is 9.82. The SMILES string of the molecule is O=C(O)c1ccc(Oc2ccc([N+](=O)[O-])c(F)c2)nc1. The second-order valence-electron chi connectivity index (χ2n) is 3.66. The number of benzene rings is 1. The lowest BCUT2D eigenvalue weighted by Gasteiger charge is -2.04. The van der Waals surface area contributed by atoms with Crippen molar-refractivity contribution in [3.63, 3.8) is 0 Å². The molecule has 1 N–H and O–H groups in total. The number of hydrogen-bond acceptors (Lipinski definition) is 5. The Morgan fingerprint density at radius 2 is 2.10 bits per heavy atom. The summed E-state index contributed by atoms with van der Waals surface area (Å²) in [5.41, 5.74) is -0.682. The van der Waals surface area contributed by atoms with Gasteiger partial charge in [0.25, 0.3) is 0 Å². The molecule has 0 fully saturated rings. The number of carboxylic acid groups (broad SMARTS) is 1. The number of ether oxygens (including phenoxy) is 1. The number of rotatable bonds is 4. The number of nitrogens with zero attached hydrogens (tertiary/aromatic N) is 2. The Balaban J connectivity index is 2.19. The molecule has 0 atom stereocenters. The molecule has 1 heterocycles. The fourth-order valence-electron chi connectivity index (χ4n) is 1.39. The Morgan fingerprint density at radius 3 is 2.60 bits per heavy atom. The zero-order valence-corrected chi connectivity index (χ0v) is 9.82. The lowest BCUT2D eigenvalue weighted by molar-refractivity contribution is -0.387. The summed E-state index contributed by atoms with van der Waals surface area (Å²) in [5.74, 6) is -2.10. The van der Waals surface area contributed by atoms with Crippen molar-refractivity contribution >= 4 is 11.7 Å². The van der Waals surface area contributed by atoms with Crippen molar-refractivity contribution in [1.82, 2.24) is 4.98 Å². The van der Waals surface area contributed by atoms with Gasteiger partial charge in [-0.3, -0.25) is 10.1 Å². The first-order chi connectivity index (χ1) is 9.47. The van der Waals surface area contributed by atoms with E-state index in [1.165, 1.54) is 18.2 Å². The van der Waals surface area contributed by atoms with E-state index in [9.17, 15) is 19.3 Å². The molecule has 1 aromatic carbocycles. The summed E-state index contributed by atoms with van der Waals surface area (Å²) in [6, 6.07) is 5.60.